The van der Waals surface area contributed by atoms with Crippen molar-refractivity contribution in [2.75, 3.05) is 24.6 Å². The Balaban J connectivity index is 1.48. The predicted molar refractivity (Wildman–Crippen MR) is 101 cm³/mol. The average Bonchev–Trinajstić information content (AvgIpc) is 3.15. The highest BCUT2D eigenvalue weighted by Gasteiger charge is 2.26. The van der Waals surface area contributed by atoms with Gasteiger partial charge in [-0.3, -0.25) is 4.79 Å². The first kappa shape index (κ1) is 18.0. The molecular weight excluding hydrogens is 368 g/mol. The number of nitrogens with zero attached hydrogens (tertiary/aromatic N) is 2. The molecule has 2 aliphatic heterocycles. The van der Waals surface area contributed by atoms with Crippen molar-refractivity contribution in [3.63, 3.8) is 0 Å². The molecule has 1 unspecified atom stereocenters. The number of rotatable bonds is 5. The molecule has 2 aliphatic rings. The molecule has 0 saturated carbocycles. The van der Waals surface area contributed by atoms with E-state index in [0.29, 0.717) is 12.4 Å². The Labute approximate surface area is 157 Å². The molecule has 2 N–H and O–H groups in total. The maximum absolute atomic E-state index is 12.7. The lowest BCUT2D eigenvalue weighted by molar-refractivity contribution is 0.356. The number of piperidine rings is 1. The van der Waals surface area contributed by atoms with Crippen molar-refractivity contribution in [1.82, 2.24) is 14.9 Å². The number of H-pyrrole nitrogens is 1. The summed E-state index contributed by atoms with van der Waals surface area (Å²) in [7, 11) is -3.60. The monoisotopic (exact) mass is 390 g/mol. The van der Waals surface area contributed by atoms with Gasteiger partial charge in [0.2, 0.25) is 10.0 Å². The molecule has 0 radical (unpaired) electrons. The van der Waals surface area contributed by atoms with E-state index in [1.807, 2.05) is 0 Å². The number of ether oxygens (including phenoxy) is 1. The van der Waals surface area contributed by atoms with Gasteiger partial charge in [-0.1, -0.05) is 0 Å². The minimum atomic E-state index is -3.60. The molecule has 1 atom stereocenters. The van der Waals surface area contributed by atoms with Crippen molar-refractivity contribution in [2.45, 2.75) is 36.6 Å². The number of aromatic amines is 1. The van der Waals surface area contributed by atoms with E-state index in [1.165, 1.54) is 6.07 Å². The maximum atomic E-state index is 12.7. The molecular formula is C18H22N4O4S. The third-order valence-corrected chi connectivity index (χ3v) is 6.49. The Morgan fingerprint density at radius 1 is 1.26 bits per heavy atom. The van der Waals surface area contributed by atoms with Gasteiger partial charge in [0.15, 0.2) is 0 Å². The van der Waals surface area contributed by atoms with Gasteiger partial charge in [-0.15, -0.1) is 0 Å². The zero-order valence-electron chi connectivity index (χ0n) is 14.8. The molecule has 0 aliphatic carbocycles. The Kier molecular flexibility index (Phi) is 4.88. The Bertz CT molecular complexity index is 969. The number of aromatic nitrogens is 2. The third-order valence-electron chi connectivity index (χ3n) is 5.07. The topological polar surface area (TPSA) is 104 Å². The minimum Gasteiger partial charge on any atom is -0.493 e. The lowest BCUT2D eigenvalue weighted by Gasteiger charge is -2.36. The number of nitrogens with one attached hydrogen (secondary N) is 2. The molecule has 0 bridgehead atoms. The fourth-order valence-corrected chi connectivity index (χ4v) is 4.75. The van der Waals surface area contributed by atoms with Crippen molar-refractivity contribution in [2.24, 2.45) is 0 Å². The second-order valence-corrected chi connectivity index (χ2v) is 8.61. The summed E-state index contributed by atoms with van der Waals surface area (Å²) in [4.78, 5) is 13.6. The molecule has 1 saturated heterocycles. The lowest BCUT2D eigenvalue weighted by atomic mass is 10.0. The highest BCUT2D eigenvalue weighted by Crippen LogP contribution is 2.28. The molecule has 0 spiro atoms. The van der Waals surface area contributed by atoms with Crippen molar-refractivity contribution in [3.05, 3.63) is 46.2 Å². The van der Waals surface area contributed by atoms with E-state index in [-0.39, 0.29) is 23.0 Å². The summed E-state index contributed by atoms with van der Waals surface area (Å²) in [5.41, 5.74) is 0.670. The van der Waals surface area contributed by atoms with Crippen molar-refractivity contribution in [3.8, 4) is 5.75 Å². The second-order valence-electron chi connectivity index (χ2n) is 6.84. The van der Waals surface area contributed by atoms with Gasteiger partial charge in [0.25, 0.3) is 5.56 Å². The summed E-state index contributed by atoms with van der Waals surface area (Å²) in [6.07, 6.45) is 3.63. The van der Waals surface area contributed by atoms with Gasteiger partial charge in [-0.25, -0.2) is 18.2 Å². The van der Waals surface area contributed by atoms with Gasteiger partial charge in [0, 0.05) is 31.6 Å². The van der Waals surface area contributed by atoms with Crippen LogP contribution < -0.4 is 19.9 Å². The Morgan fingerprint density at radius 3 is 2.96 bits per heavy atom. The van der Waals surface area contributed by atoms with E-state index < -0.39 is 10.0 Å². The summed E-state index contributed by atoms with van der Waals surface area (Å²) in [6.45, 7) is 1.66. The summed E-state index contributed by atoms with van der Waals surface area (Å²) in [5, 5.41) is 6.53. The Hall–Kier alpha value is -2.39. The van der Waals surface area contributed by atoms with E-state index in [9.17, 15) is 13.2 Å². The zero-order valence-corrected chi connectivity index (χ0v) is 15.7. The number of hydrogen-bond acceptors (Lipinski definition) is 6. The molecule has 27 heavy (non-hydrogen) atoms. The van der Waals surface area contributed by atoms with Gasteiger partial charge < -0.3 is 9.64 Å². The van der Waals surface area contributed by atoms with Crippen LogP contribution in [0.2, 0.25) is 0 Å². The third kappa shape index (κ3) is 3.84. The molecule has 1 aromatic heterocycles. The van der Waals surface area contributed by atoms with Crippen LogP contribution in [0.25, 0.3) is 0 Å². The lowest BCUT2D eigenvalue weighted by Crippen LogP contribution is -2.47. The summed E-state index contributed by atoms with van der Waals surface area (Å²) >= 11 is 0. The standard InChI is InChI=1S/C18H22N4O4S/c23-18-7-6-17(20-21-18)22-9-2-1-3-14(22)12-19-27(24,25)15-4-5-16-13(11-15)8-10-26-16/h4-7,11,14,19H,1-3,8-10,12H2,(H,21,23). The van der Waals surface area contributed by atoms with Crippen LogP contribution in [0.5, 0.6) is 5.75 Å². The van der Waals surface area contributed by atoms with Crippen LogP contribution >= 0.6 is 0 Å². The molecule has 1 fully saturated rings. The van der Waals surface area contributed by atoms with Crippen molar-refractivity contribution in [1.29, 1.82) is 0 Å². The SMILES string of the molecule is O=c1ccc(N2CCCCC2CNS(=O)(=O)c2ccc3c(c2)CCO3)n[nH]1. The molecule has 9 heteroatoms. The Morgan fingerprint density at radius 2 is 2.15 bits per heavy atom. The number of anilines is 1. The van der Waals surface area contributed by atoms with Gasteiger partial charge >= 0.3 is 0 Å². The molecule has 2 aromatic rings. The largest absolute Gasteiger partial charge is 0.493 e. The average molecular weight is 390 g/mol. The van der Waals surface area contributed by atoms with Gasteiger partial charge in [-0.05, 0) is 49.1 Å². The van der Waals surface area contributed by atoms with Crippen LogP contribution in [0, 0.1) is 0 Å². The number of benzene rings is 1. The number of fused-ring (bicyclic) bond motifs is 1. The first-order valence-electron chi connectivity index (χ1n) is 9.11. The van der Waals surface area contributed by atoms with Crippen LogP contribution in [0.4, 0.5) is 5.82 Å². The summed E-state index contributed by atoms with van der Waals surface area (Å²) in [5.74, 6) is 1.42. The fraction of sp³-hybridized carbons (Fsp3) is 0.444. The highest BCUT2D eigenvalue weighted by molar-refractivity contribution is 7.89. The maximum Gasteiger partial charge on any atom is 0.264 e. The van der Waals surface area contributed by atoms with Crippen molar-refractivity contribution >= 4 is 15.8 Å². The van der Waals surface area contributed by atoms with E-state index >= 15 is 0 Å². The van der Waals surface area contributed by atoms with E-state index in [0.717, 1.165) is 43.5 Å². The zero-order chi connectivity index (χ0) is 18.9. The van der Waals surface area contributed by atoms with Crippen LogP contribution in [0.1, 0.15) is 24.8 Å². The molecule has 1 aromatic carbocycles. The normalized spacial score (nSPS) is 19.6. The molecule has 144 valence electrons. The van der Waals surface area contributed by atoms with Gasteiger partial charge in [0.05, 0.1) is 11.5 Å². The quantitative estimate of drug-likeness (QED) is 0.791. The van der Waals surface area contributed by atoms with Crippen LogP contribution in [-0.4, -0.2) is 44.4 Å². The molecule has 8 nitrogen and oxygen atoms in total. The number of sulfonamides is 1. The first-order valence-corrected chi connectivity index (χ1v) is 10.6. The summed E-state index contributed by atoms with van der Waals surface area (Å²) < 4.78 is 33.6. The molecule has 0 amide bonds. The number of hydrogen-bond donors (Lipinski definition) is 2. The molecule has 3 heterocycles. The van der Waals surface area contributed by atoms with E-state index in [2.05, 4.69) is 19.8 Å². The van der Waals surface area contributed by atoms with Crippen LogP contribution in [-0.2, 0) is 16.4 Å². The smallest absolute Gasteiger partial charge is 0.264 e. The highest BCUT2D eigenvalue weighted by atomic mass is 32.2. The van der Waals surface area contributed by atoms with Crippen molar-refractivity contribution < 1.29 is 13.2 Å². The molecule has 4 rings (SSSR count). The van der Waals surface area contributed by atoms with Crippen LogP contribution in [0.3, 0.4) is 0 Å². The van der Waals surface area contributed by atoms with E-state index in [1.54, 1.807) is 24.3 Å². The minimum absolute atomic E-state index is 0.00955. The van der Waals surface area contributed by atoms with E-state index in [4.69, 9.17) is 4.74 Å². The van der Waals surface area contributed by atoms with Crippen LogP contribution in [0.15, 0.2) is 40.0 Å². The van der Waals surface area contributed by atoms with Gasteiger partial charge in [0.1, 0.15) is 11.6 Å². The first-order chi connectivity index (χ1) is 13.0. The fourth-order valence-electron chi connectivity index (χ4n) is 3.63. The predicted octanol–water partition coefficient (Wildman–Crippen LogP) is 1.04. The summed E-state index contributed by atoms with van der Waals surface area (Å²) in [6, 6.07) is 8.08. The van der Waals surface area contributed by atoms with Gasteiger partial charge in [-0.2, -0.15) is 5.10 Å². The second kappa shape index (κ2) is 7.32.